The van der Waals surface area contributed by atoms with Crippen molar-refractivity contribution < 1.29 is 5.11 Å². The van der Waals surface area contributed by atoms with Gasteiger partial charge < -0.3 is 5.11 Å². The van der Waals surface area contributed by atoms with Gasteiger partial charge in [0, 0.05) is 19.7 Å². The van der Waals surface area contributed by atoms with E-state index in [4.69, 9.17) is 0 Å². The van der Waals surface area contributed by atoms with Gasteiger partial charge in [0.1, 0.15) is 0 Å². The molecule has 1 aliphatic carbocycles. The fraction of sp³-hybridized carbons (Fsp3) is 0.833. The van der Waals surface area contributed by atoms with Crippen molar-refractivity contribution in [1.82, 2.24) is 15.0 Å². The summed E-state index contributed by atoms with van der Waals surface area (Å²) >= 11 is 0. The van der Waals surface area contributed by atoms with Crippen LogP contribution in [0.2, 0.25) is 0 Å². The average Bonchev–Trinajstić information content (AvgIpc) is 2.64. The van der Waals surface area contributed by atoms with E-state index in [1.165, 1.54) is 19.3 Å². The van der Waals surface area contributed by atoms with Crippen molar-refractivity contribution >= 4 is 0 Å². The van der Waals surface area contributed by atoms with Crippen LogP contribution in [0.15, 0.2) is 6.20 Å². The predicted molar refractivity (Wildman–Crippen MR) is 61.9 cm³/mol. The number of hydrogen-bond donors (Lipinski definition) is 1. The van der Waals surface area contributed by atoms with Crippen molar-refractivity contribution in [2.45, 2.75) is 51.0 Å². The van der Waals surface area contributed by atoms with Crippen molar-refractivity contribution in [2.75, 3.05) is 0 Å². The summed E-state index contributed by atoms with van der Waals surface area (Å²) in [5.74, 6) is 0.420. The molecule has 0 bridgehead atoms. The quantitative estimate of drug-likeness (QED) is 0.848. The summed E-state index contributed by atoms with van der Waals surface area (Å²) in [7, 11) is 1.85. The van der Waals surface area contributed by atoms with Gasteiger partial charge in [-0.1, -0.05) is 24.5 Å². The lowest BCUT2D eigenvalue weighted by Crippen LogP contribution is -2.38. The lowest BCUT2D eigenvalue weighted by Gasteiger charge is -2.35. The van der Waals surface area contributed by atoms with E-state index in [-0.39, 0.29) is 0 Å². The molecule has 0 radical (unpaired) electrons. The Morgan fingerprint density at radius 2 is 2.12 bits per heavy atom. The van der Waals surface area contributed by atoms with Gasteiger partial charge in [0.2, 0.25) is 0 Å². The van der Waals surface area contributed by atoms with Crippen LogP contribution in [0.4, 0.5) is 0 Å². The summed E-state index contributed by atoms with van der Waals surface area (Å²) in [4.78, 5) is 0. The summed E-state index contributed by atoms with van der Waals surface area (Å²) < 4.78 is 1.69. The van der Waals surface area contributed by atoms with Crippen molar-refractivity contribution in [2.24, 2.45) is 13.0 Å². The molecule has 0 spiro atoms. The summed E-state index contributed by atoms with van der Waals surface area (Å²) in [5, 5.41) is 18.5. The molecule has 0 saturated heterocycles. The third-order valence-electron chi connectivity index (χ3n) is 3.67. The summed E-state index contributed by atoms with van der Waals surface area (Å²) in [6, 6.07) is 0. The first-order valence-corrected chi connectivity index (χ1v) is 6.15. The van der Waals surface area contributed by atoms with Crippen LogP contribution in [0.5, 0.6) is 0 Å². The monoisotopic (exact) mass is 223 g/mol. The van der Waals surface area contributed by atoms with Crippen molar-refractivity contribution in [3.63, 3.8) is 0 Å². The minimum atomic E-state index is -0.629. The lowest BCUT2D eigenvalue weighted by atomic mass is 9.76. The molecular formula is C12H21N3O. The Hall–Kier alpha value is -0.900. The molecule has 0 amide bonds. The van der Waals surface area contributed by atoms with Crippen LogP contribution in [-0.4, -0.2) is 25.7 Å². The van der Waals surface area contributed by atoms with E-state index in [1.54, 1.807) is 4.68 Å². The zero-order valence-corrected chi connectivity index (χ0v) is 10.2. The maximum atomic E-state index is 10.5. The molecule has 1 N–H and O–H groups in total. The molecule has 0 aromatic carbocycles. The molecule has 1 unspecified atom stereocenters. The molecule has 16 heavy (non-hydrogen) atoms. The largest absolute Gasteiger partial charge is 0.389 e. The summed E-state index contributed by atoms with van der Waals surface area (Å²) in [5.41, 5.74) is 0.259. The first kappa shape index (κ1) is 11.6. The van der Waals surface area contributed by atoms with Gasteiger partial charge in [0.15, 0.2) is 0 Å². The first-order chi connectivity index (χ1) is 7.58. The molecular weight excluding hydrogens is 202 g/mol. The molecule has 2 rings (SSSR count). The minimum Gasteiger partial charge on any atom is -0.389 e. The van der Waals surface area contributed by atoms with Crippen LogP contribution >= 0.6 is 0 Å². The van der Waals surface area contributed by atoms with Gasteiger partial charge in [0.05, 0.1) is 11.3 Å². The third-order valence-corrected chi connectivity index (χ3v) is 3.67. The molecule has 1 saturated carbocycles. The topological polar surface area (TPSA) is 50.9 Å². The number of rotatable bonds is 3. The molecule has 1 atom stereocenters. The standard InChI is InChI=1S/C12H21N3O/c1-12(16,10-6-4-3-5-7-10)8-11-9-15(2)14-13-11/h9-10,16H,3-8H2,1-2H3. The van der Waals surface area contributed by atoms with Crippen LogP contribution in [0.25, 0.3) is 0 Å². The van der Waals surface area contributed by atoms with Crippen LogP contribution in [0.1, 0.15) is 44.7 Å². The molecule has 1 aliphatic rings. The predicted octanol–water partition coefficient (Wildman–Crippen LogP) is 1.69. The minimum absolute atomic E-state index is 0.420. The molecule has 1 fully saturated rings. The van der Waals surface area contributed by atoms with Gasteiger partial charge in [-0.05, 0) is 25.7 Å². The van der Waals surface area contributed by atoms with E-state index >= 15 is 0 Å². The highest BCUT2D eigenvalue weighted by Gasteiger charge is 2.33. The van der Waals surface area contributed by atoms with Gasteiger partial charge >= 0.3 is 0 Å². The van der Waals surface area contributed by atoms with Crippen LogP contribution in [0.3, 0.4) is 0 Å². The molecule has 1 aromatic rings. The number of hydrogen-bond acceptors (Lipinski definition) is 3. The van der Waals surface area contributed by atoms with Crippen molar-refractivity contribution in [1.29, 1.82) is 0 Å². The van der Waals surface area contributed by atoms with E-state index in [9.17, 15) is 5.11 Å². The Kier molecular flexibility index (Phi) is 3.28. The fourth-order valence-electron chi connectivity index (χ4n) is 2.71. The van der Waals surface area contributed by atoms with Crippen LogP contribution < -0.4 is 0 Å². The van der Waals surface area contributed by atoms with Gasteiger partial charge in [-0.3, -0.25) is 4.68 Å². The molecule has 4 nitrogen and oxygen atoms in total. The smallest absolute Gasteiger partial charge is 0.0855 e. The highest BCUT2D eigenvalue weighted by molar-refractivity contribution is 5.00. The zero-order chi connectivity index (χ0) is 11.6. The maximum Gasteiger partial charge on any atom is 0.0855 e. The number of aromatic nitrogens is 3. The van der Waals surface area contributed by atoms with Crippen LogP contribution in [0, 0.1) is 5.92 Å². The Labute approximate surface area is 96.7 Å². The normalized spacial score (nSPS) is 21.9. The van der Waals surface area contributed by atoms with E-state index in [0.717, 1.165) is 18.5 Å². The van der Waals surface area contributed by atoms with Gasteiger partial charge in [0.25, 0.3) is 0 Å². The molecule has 1 aromatic heterocycles. The Morgan fingerprint density at radius 1 is 1.44 bits per heavy atom. The Bertz CT molecular complexity index is 340. The van der Waals surface area contributed by atoms with E-state index in [1.807, 2.05) is 20.2 Å². The second-order valence-corrected chi connectivity index (χ2v) is 5.25. The van der Waals surface area contributed by atoms with Gasteiger partial charge in [-0.25, -0.2) is 0 Å². The number of nitrogens with zero attached hydrogens (tertiary/aromatic N) is 3. The molecule has 1 heterocycles. The SMILES string of the molecule is Cn1cc(CC(C)(O)C2CCCCC2)nn1. The maximum absolute atomic E-state index is 10.5. The van der Waals surface area contributed by atoms with Gasteiger partial charge in [-0.2, -0.15) is 0 Å². The highest BCUT2D eigenvalue weighted by atomic mass is 16.3. The van der Waals surface area contributed by atoms with E-state index < -0.39 is 5.60 Å². The molecule has 90 valence electrons. The van der Waals surface area contributed by atoms with E-state index in [0.29, 0.717) is 12.3 Å². The van der Waals surface area contributed by atoms with Crippen molar-refractivity contribution in [3.8, 4) is 0 Å². The average molecular weight is 223 g/mol. The van der Waals surface area contributed by atoms with Gasteiger partial charge in [-0.15, -0.1) is 5.10 Å². The van der Waals surface area contributed by atoms with Crippen molar-refractivity contribution in [3.05, 3.63) is 11.9 Å². The lowest BCUT2D eigenvalue weighted by molar-refractivity contribution is -0.0167. The Balaban J connectivity index is 2.00. The van der Waals surface area contributed by atoms with E-state index in [2.05, 4.69) is 10.3 Å². The second kappa shape index (κ2) is 4.53. The Morgan fingerprint density at radius 3 is 2.69 bits per heavy atom. The molecule has 0 aliphatic heterocycles. The first-order valence-electron chi connectivity index (χ1n) is 6.15. The molecule has 4 heteroatoms. The second-order valence-electron chi connectivity index (χ2n) is 5.25. The summed E-state index contributed by atoms with van der Waals surface area (Å²) in [6.07, 6.45) is 8.61. The third kappa shape index (κ3) is 2.61. The number of aliphatic hydroxyl groups is 1. The van der Waals surface area contributed by atoms with Crippen LogP contribution in [-0.2, 0) is 13.5 Å². The summed E-state index contributed by atoms with van der Waals surface area (Å²) in [6.45, 7) is 1.94. The fourth-order valence-corrected chi connectivity index (χ4v) is 2.71. The highest BCUT2D eigenvalue weighted by Crippen LogP contribution is 2.34. The zero-order valence-electron chi connectivity index (χ0n) is 10.2. The number of aryl methyl sites for hydroxylation is 1.